The predicted molar refractivity (Wildman–Crippen MR) is 129 cm³/mol. The van der Waals surface area contributed by atoms with Crippen LogP contribution in [0.15, 0.2) is 42.5 Å². The topological polar surface area (TPSA) is 0 Å². The molecule has 1 fully saturated rings. The number of unbranched alkanes of at least 4 members (excludes halogenated alkanes) is 2. The fourth-order valence-electron chi connectivity index (χ4n) is 5.04. The van der Waals surface area contributed by atoms with Gasteiger partial charge in [0.2, 0.25) is 0 Å². The van der Waals surface area contributed by atoms with Crippen LogP contribution in [0.3, 0.4) is 0 Å². The van der Waals surface area contributed by atoms with E-state index in [0.717, 1.165) is 36.5 Å². The molecule has 0 N–H and O–H groups in total. The van der Waals surface area contributed by atoms with Gasteiger partial charge in [-0.3, -0.25) is 0 Å². The molecule has 0 amide bonds. The van der Waals surface area contributed by atoms with Crippen molar-refractivity contribution in [2.45, 2.75) is 90.1 Å². The van der Waals surface area contributed by atoms with Gasteiger partial charge in [0.1, 0.15) is 11.6 Å². The summed E-state index contributed by atoms with van der Waals surface area (Å²) in [6, 6.07) is 8.52. The SMILES string of the molecule is CCCCCC1CCC(c2ccc(CC/C=C(\C)c3ccc(C(F)(F)F)c(F)c3)c(F)c2)CC1. The highest BCUT2D eigenvalue weighted by Crippen LogP contribution is 2.38. The van der Waals surface area contributed by atoms with Crippen LogP contribution in [-0.2, 0) is 12.6 Å². The van der Waals surface area contributed by atoms with Crippen LogP contribution < -0.4 is 0 Å². The Kier molecular flexibility index (Phi) is 9.32. The summed E-state index contributed by atoms with van der Waals surface area (Å²) in [6.45, 7) is 3.95. The largest absolute Gasteiger partial charge is 0.419 e. The smallest absolute Gasteiger partial charge is 0.207 e. The predicted octanol–water partition coefficient (Wildman–Crippen LogP) is 9.87. The molecule has 5 heteroatoms. The lowest BCUT2D eigenvalue weighted by molar-refractivity contribution is -0.140. The molecule has 2 aromatic carbocycles. The second-order valence-corrected chi connectivity index (χ2v) is 9.68. The summed E-state index contributed by atoms with van der Waals surface area (Å²) in [6.07, 6.45) is 8.02. The number of halogens is 5. The molecule has 0 unspecified atom stereocenters. The third-order valence-corrected chi connectivity index (χ3v) is 7.21. The fourth-order valence-corrected chi connectivity index (χ4v) is 5.04. The van der Waals surface area contributed by atoms with E-state index in [9.17, 15) is 22.0 Å². The molecule has 0 aliphatic heterocycles. The maximum Gasteiger partial charge on any atom is 0.419 e. The Hall–Kier alpha value is -2.17. The van der Waals surface area contributed by atoms with Gasteiger partial charge < -0.3 is 0 Å². The van der Waals surface area contributed by atoms with E-state index < -0.39 is 17.6 Å². The van der Waals surface area contributed by atoms with Crippen molar-refractivity contribution in [3.05, 3.63) is 76.4 Å². The van der Waals surface area contributed by atoms with Gasteiger partial charge in [-0.2, -0.15) is 13.2 Å². The highest BCUT2D eigenvalue weighted by Gasteiger charge is 2.33. The van der Waals surface area contributed by atoms with Crippen molar-refractivity contribution in [2.75, 3.05) is 0 Å². The van der Waals surface area contributed by atoms with E-state index in [0.29, 0.717) is 35.5 Å². The van der Waals surface area contributed by atoms with Crippen LogP contribution in [0.25, 0.3) is 5.57 Å². The second kappa shape index (κ2) is 12.0. The van der Waals surface area contributed by atoms with E-state index in [4.69, 9.17) is 0 Å². The number of benzene rings is 2. The van der Waals surface area contributed by atoms with E-state index in [1.165, 1.54) is 44.6 Å². The van der Waals surface area contributed by atoms with Gasteiger partial charge in [-0.05, 0) is 97.7 Å². The molecule has 1 saturated carbocycles. The monoisotopic (exact) mass is 478 g/mol. The third-order valence-electron chi connectivity index (χ3n) is 7.21. The van der Waals surface area contributed by atoms with Gasteiger partial charge in [-0.1, -0.05) is 56.9 Å². The molecule has 0 heterocycles. The first kappa shape index (κ1) is 26.4. The molecule has 186 valence electrons. The summed E-state index contributed by atoms with van der Waals surface area (Å²) in [5.41, 5.74) is 1.50. The van der Waals surface area contributed by atoms with Gasteiger partial charge in [0.15, 0.2) is 0 Å². The Morgan fingerprint density at radius 1 is 0.941 bits per heavy atom. The number of hydrogen-bond acceptors (Lipinski definition) is 0. The van der Waals surface area contributed by atoms with Crippen LogP contribution in [0.4, 0.5) is 22.0 Å². The van der Waals surface area contributed by atoms with Gasteiger partial charge >= 0.3 is 6.18 Å². The molecule has 2 aromatic rings. The Morgan fingerprint density at radius 3 is 2.29 bits per heavy atom. The summed E-state index contributed by atoms with van der Waals surface area (Å²) >= 11 is 0. The summed E-state index contributed by atoms with van der Waals surface area (Å²) in [4.78, 5) is 0. The number of rotatable bonds is 9. The zero-order chi connectivity index (χ0) is 24.7. The highest BCUT2D eigenvalue weighted by atomic mass is 19.4. The lowest BCUT2D eigenvalue weighted by Gasteiger charge is -2.29. The van der Waals surface area contributed by atoms with E-state index in [-0.39, 0.29) is 5.82 Å². The molecule has 0 radical (unpaired) electrons. The second-order valence-electron chi connectivity index (χ2n) is 9.68. The van der Waals surface area contributed by atoms with Crippen LogP contribution in [0.5, 0.6) is 0 Å². The molecule has 3 rings (SSSR count). The van der Waals surface area contributed by atoms with E-state index in [2.05, 4.69) is 6.92 Å². The normalized spacial score (nSPS) is 19.4. The standard InChI is InChI=1S/C29H35F5/c1-3-4-5-8-21-10-12-22(13-11-21)25-15-14-23(27(30)19-25)9-6-7-20(2)24-16-17-26(28(31)18-24)29(32,33)34/h7,14-19,21-22H,3-6,8-13H2,1-2H3/b20-7+. The summed E-state index contributed by atoms with van der Waals surface area (Å²) < 4.78 is 66.8. The molecule has 0 saturated heterocycles. The van der Waals surface area contributed by atoms with Crippen LogP contribution in [0, 0.1) is 17.6 Å². The molecular formula is C29H35F5. The Bertz CT molecular complexity index is 965. The van der Waals surface area contributed by atoms with Crippen molar-refractivity contribution in [3.63, 3.8) is 0 Å². The Balaban J connectivity index is 1.54. The zero-order valence-corrected chi connectivity index (χ0v) is 20.2. The van der Waals surface area contributed by atoms with Crippen LogP contribution >= 0.6 is 0 Å². The quantitative estimate of drug-likeness (QED) is 0.248. The summed E-state index contributed by atoms with van der Waals surface area (Å²) in [5.74, 6) is -0.230. The minimum Gasteiger partial charge on any atom is -0.207 e. The number of aryl methyl sites for hydroxylation is 1. The lowest BCUT2D eigenvalue weighted by atomic mass is 9.77. The van der Waals surface area contributed by atoms with Gasteiger partial charge in [0, 0.05) is 0 Å². The third kappa shape index (κ3) is 7.16. The van der Waals surface area contributed by atoms with Crippen molar-refractivity contribution in [2.24, 2.45) is 5.92 Å². The van der Waals surface area contributed by atoms with Gasteiger partial charge in [0.25, 0.3) is 0 Å². The Labute approximate surface area is 200 Å². The minimum absolute atomic E-state index is 0.200. The minimum atomic E-state index is -4.71. The first-order chi connectivity index (χ1) is 16.2. The molecule has 0 bridgehead atoms. The molecular weight excluding hydrogens is 443 g/mol. The highest BCUT2D eigenvalue weighted by molar-refractivity contribution is 5.64. The molecule has 1 aliphatic carbocycles. The number of alkyl halides is 3. The molecule has 1 aliphatic rings. The van der Waals surface area contributed by atoms with Gasteiger partial charge in [-0.15, -0.1) is 0 Å². The molecule has 0 atom stereocenters. The van der Waals surface area contributed by atoms with E-state index in [1.54, 1.807) is 13.0 Å². The molecule has 0 aromatic heterocycles. The molecule has 34 heavy (non-hydrogen) atoms. The first-order valence-corrected chi connectivity index (χ1v) is 12.5. The lowest BCUT2D eigenvalue weighted by Crippen LogP contribution is -2.13. The van der Waals surface area contributed by atoms with Crippen molar-refractivity contribution in [3.8, 4) is 0 Å². The van der Waals surface area contributed by atoms with Crippen LogP contribution in [-0.4, -0.2) is 0 Å². The average Bonchev–Trinajstić information content (AvgIpc) is 2.79. The van der Waals surface area contributed by atoms with Crippen molar-refractivity contribution in [1.29, 1.82) is 0 Å². The van der Waals surface area contributed by atoms with E-state index in [1.807, 2.05) is 18.2 Å². The van der Waals surface area contributed by atoms with E-state index >= 15 is 0 Å². The summed E-state index contributed by atoms with van der Waals surface area (Å²) in [7, 11) is 0. The van der Waals surface area contributed by atoms with Crippen molar-refractivity contribution < 1.29 is 22.0 Å². The average molecular weight is 479 g/mol. The number of hydrogen-bond donors (Lipinski definition) is 0. The molecule has 0 nitrogen and oxygen atoms in total. The van der Waals surface area contributed by atoms with Gasteiger partial charge in [-0.25, -0.2) is 8.78 Å². The summed E-state index contributed by atoms with van der Waals surface area (Å²) in [5, 5.41) is 0. The fraction of sp³-hybridized carbons (Fsp3) is 0.517. The number of allylic oxidation sites excluding steroid dienone is 2. The van der Waals surface area contributed by atoms with Crippen molar-refractivity contribution in [1.82, 2.24) is 0 Å². The zero-order valence-electron chi connectivity index (χ0n) is 20.2. The van der Waals surface area contributed by atoms with Crippen molar-refractivity contribution >= 4 is 5.57 Å². The van der Waals surface area contributed by atoms with Gasteiger partial charge in [0.05, 0.1) is 5.56 Å². The maximum atomic E-state index is 14.8. The maximum absolute atomic E-state index is 14.8. The van der Waals surface area contributed by atoms with Crippen LogP contribution in [0.1, 0.15) is 99.8 Å². The Morgan fingerprint density at radius 2 is 1.68 bits per heavy atom. The molecule has 0 spiro atoms. The van der Waals surface area contributed by atoms with Crippen LogP contribution in [0.2, 0.25) is 0 Å². The first-order valence-electron chi connectivity index (χ1n) is 12.5.